The Kier molecular flexibility index (Phi) is 20.4. The summed E-state index contributed by atoms with van der Waals surface area (Å²) in [5.74, 6) is -5.97. The number of fused-ring (bicyclic) bond motifs is 1. The van der Waals surface area contributed by atoms with Gasteiger partial charge in [0, 0.05) is 24.6 Å². The van der Waals surface area contributed by atoms with Crippen molar-refractivity contribution in [2.75, 3.05) is 24.6 Å². The number of hydrogen-bond donors (Lipinski definition) is 10. The predicted molar refractivity (Wildman–Crippen MR) is 217 cm³/mol. The van der Waals surface area contributed by atoms with Gasteiger partial charge in [-0.05, 0) is 64.2 Å². The molecule has 0 spiro atoms. The molecule has 8 atom stereocenters. The molecule has 0 aromatic carbocycles. The highest BCUT2D eigenvalue weighted by Crippen LogP contribution is 2.25. The Balaban J connectivity index is 2.29. The van der Waals surface area contributed by atoms with Gasteiger partial charge in [-0.3, -0.25) is 38.6 Å². The minimum atomic E-state index is -1.29. The second-order valence-electron chi connectivity index (χ2n) is 15.1. The number of hydrogen-bond acceptors (Lipinski definition) is 12. The minimum absolute atomic E-state index is 0.0202. The fourth-order valence-electron chi connectivity index (χ4n) is 6.07. The molecule has 2 rings (SSSR count). The first kappa shape index (κ1) is 48.8. The lowest BCUT2D eigenvalue weighted by Gasteiger charge is -2.28. The maximum Gasteiger partial charge on any atom is 0.326 e. The average molecular weight is 844 g/mol. The van der Waals surface area contributed by atoms with E-state index in [0.717, 1.165) is 10.8 Å². The average Bonchev–Trinajstić information content (AvgIpc) is 3.62. The van der Waals surface area contributed by atoms with Gasteiger partial charge in [0.2, 0.25) is 41.4 Å². The molecular weight excluding hydrogens is 783 g/mol. The first-order valence-electron chi connectivity index (χ1n) is 19.1. The monoisotopic (exact) mass is 843 g/mol. The molecule has 2 fully saturated rings. The van der Waals surface area contributed by atoms with E-state index in [4.69, 9.17) is 17.2 Å². The van der Waals surface area contributed by atoms with Gasteiger partial charge in [-0.1, -0.05) is 49.3 Å². The third-order valence-corrected chi connectivity index (χ3v) is 11.5. The fourth-order valence-corrected chi connectivity index (χ4v) is 8.35. The van der Waals surface area contributed by atoms with E-state index >= 15 is 0 Å². The van der Waals surface area contributed by atoms with Crippen LogP contribution in [0.15, 0.2) is 4.99 Å². The Hall–Kier alpha value is -4.31. The standard InChI is InChI=1S/C35H61N11O9S2/c1-17(2)13-23(29(49)40-19(5)27(47)42-22(34(54)55)9-7-11-39-35(37)38)44-31(51)25-16-57-56-15-21(36)33(53)46-12-8-10-26(46)32(52)41-20(6)28(48)43-24(14-18(3)4)30(50)45-25/h17-26H,7-16,36H2,1-6H3,(H,40,49)(H,41,52)(H,42,47)(H,43,48)(H,44,51)(H,45,50)(H,54,55)(H4,37,38,39)/t19-,20-,21-,22-,23-,24-,25-,26-/m0/s1. The van der Waals surface area contributed by atoms with Gasteiger partial charge in [0.25, 0.3) is 0 Å². The van der Waals surface area contributed by atoms with Crippen LogP contribution in [0, 0.1) is 11.8 Å². The summed E-state index contributed by atoms with van der Waals surface area (Å²) in [6.07, 6.45) is 1.62. The molecule has 0 aromatic rings. The van der Waals surface area contributed by atoms with Crippen LogP contribution in [0.3, 0.4) is 0 Å². The Morgan fingerprint density at radius 1 is 0.877 bits per heavy atom. The summed E-state index contributed by atoms with van der Waals surface area (Å²) in [5.41, 5.74) is 16.8. The predicted octanol–water partition coefficient (Wildman–Crippen LogP) is -2.12. The fraction of sp³-hybridized carbons (Fsp3) is 0.743. The number of carboxylic acids is 1. The lowest BCUT2D eigenvalue weighted by atomic mass is 10.0. The molecule has 0 aliphatic carbocycles. The van der Waals surface area contributed by atoms with Crippen molar-refractivity contribution in [1.29, 1.82) is 0 Å². The van der Waals surface area contributed by atoms with Gasteiger partial charge in [0.05, 0.1) is 6.04 Å². The SMILES string of the molecule is CC(C)C[C@@H]1NC(=O)[C@H](C)NC(=O)[C@@H]2CCCN2C(=O)[C@@H](N)CSSC[C@@H](C(=O)N[C@@H](CC(C)C)C(=O)N[C@@H](C)C(=O)N[C@@H](CCCN=C(N)N)C(=O)O)NC1=O. The number of nitrogens with two attached hydrogens (primary N) is 3. The number of carbonyl (C=O) groups is 8. The van der Waals surface area contributed by atoms with Crippen LogP contribution in [0.5, 0.6) is 0 Å². The van der Waals surface area contributed by atoms with Crippen LogP contribution in [0.25, 0.3) is 0 Å². The number of carbonyl (C=O) groups excluding carboxylic acids is 7. The Morgan fingerprint density at radius 2 is 1.54 bits per heavy atom. The van der Waals surface area contributed by atoms with E-state index in [1.165, 1.54) is 29.5 Å². The lowest BCUT2D eigenvalue weighted by molar-refractivity contribution is -0.142. The van der Waals surface area contributed by atoms with E-state index in [1.807, 2.05) is 27.7 Å². The molecule has 57 heavy (non-hydrogen) atoms. The molecular formula is C35H61N11O9S2. The number of carboxylic acid groups (broad SMARTS) is 1. The number of aliphatic imine (C=N–C) groups is 1. The maximum absolute atomic E-state index is 13.9. The van der Waals surface area contributed by atoms with Gasteiger partial charge in [0.1, 0.15) is 42.3 Å². The smallest absolute Gasteiger partial charge is 0.326 e. The number of amides is 7. The zero-order valence-corrected chi connectivity index (χ0v) is 35.1. The molecule has 0 aromatic heterocycles. The Labute approximate surface area is 341 Å². The summed E-state index contributed by atoms with van der Waals surface area (Å²) in [7, 11) is 2.36. The van der Waals surface area contributed by atoms with Crippen molar-refractivity contribution >= 4 is 74.9 Å². The summed E-state index contributed by atoms with van der Waals surface area (Å²) >= 11 is 0. The minimum Gasteiger partial charge on any atom is -0.480 e. The Morgan fingerprint density at radius 3 is 2.16 bits per heavy atom. The summed E-state index contributed by atoms with van der Waals surface area (Å²) in [5, 5.41) is 25.3. The van der Waals surface area contributed by atoms with Crippen molar-refractivity contribution in [3.8, 4) is 0 Å². The molecule has 20 nitrogen and oxygen atoms in total. The van der Waals surface area contributed by atoms with Gasteiger partial charge in [-0.15, -0.1) is 0 Å². The summed E-state index contributed by atoms with van der Waals surface area (Å²) in [4.78, 5) is 111. The highest BCUT2D eigenvalue weighted by atomic mass is 33.1. The van der Waals surface area contributed by atoms with E-state index < -0.39 is 95.7 Å². The number of nitrogens with zero attached hydrogens (tertiary/aromatic N) is 2. The van der Waals surface area contributed by atoms with Crippen molar-refractivity contribution in [2.45, 2.75) is 128 Å². The number of guanidine groups is 1. The summed E-state index contributed by atoms with van der Waals surface area (Å²) in [6.45, 7) is 10.7. The molecule has 2 saturated heterocycles. The molecule has 2 aliphatic heterocycles. The van der Waals surface area contributed by atoms with Gasteiger partial charge in [-0.2, -0.15) is 0 Å². The molecule has 2 heterocycles. The van der Waals surface area contributed by atoms with Crippen LogP contribution in [-0.4, -0.2) is 136 Å². The van der Waals surface area contributed by atoms with Crippen molar-refractivity contribution in [3.05, 3.63) is 0 Å². The van der Waals surface area contributed by atoms with Gasteiger partial charge < -0.3 is 59.1 Å². The van der Waals surface area contributed by atoms with Crippen molar-refractivity contribution in [1.82, 2.24) is 36.8 Å². The van der Waals surface area contributed by atoms with Crippen LogP contribution in [-0.2, 0) is 38.4 Å². The largest absolute Gasteiger partial charge is 0.480 e. The second-order valence-corrected chi connectivity index (χ2v) is 17.7. The molecule has 13 N–H and O–H groups in total. The van der Waals surface area contributed by atoms with Gasteiger partial charge in [-0.25, -0.2) is 4.79 Å². The van der Waals surface area contributed by atoms with Crippen LogP contribution >= 0.6 is 21.6 Å². The van der Waals surface area contributed by atoms with Gasteiger partial charge in [0.15, 0.2) is 5.96 Å². The summed E-state index contributed by atoms with van der Waals surface area (Å²) < 4.78 is 0. The molecule has 322 valence electrons. The molecule has 2 aliphatic rings. The van der Waals surface area contributed by atoms with Crippen molar-refractivity contribution in [3.63, 3.8) is 0 Å². The third kappa shape index (κ3) is 16.6. The molecule has 0 saturated carbocycles. The zero-order valence-electron chi connectivity index (χ0n) is 33.5. The van der Waals surface area contributed by atoms with E-state index in [0.29, 0.717) is 19.4 Å². The van der Waals surface area contributed by atoms with Crippen LogP contribution < -0.4 is 49.1 Å². The molecule has 7 amide bonds. The first-order valence-corrected chi connectivity index (χ1v) is 21.6. The third-order valence-electron chi connectivity index (χ3n) is 9.10. The van der Waals surface area contributed by atoms with Crippen LogP contribution in [0.1, 0.15) is 80.1 Å². The Bertz CT molecular complexity index is 1480. The van der Waals surface area contributed by atoms with E-state index in [9.17, 15) is 43.5 Å². The lowest BCUT2D eigenvalue weighted by Crippen LogP contribution is -2.60. The quantitative estimate of drug-likeness (QED) is 0.0365. The molecule has 0 radical (unpaired) electrons. The first-order chi connectivity index (χ1) is 26.7. The molecule has 0 unspecified atom stereocenters. The van der Waals surface area contributed by atoms with Crippen LogP contribution in [0.2, 0.25) is 0 Å². The molecule has 22 heteroatoms. The van der Waals surface area contributed by atoms with E-state index in [-0.39, 0.29) is 61.5 Å². The normalized spacial score (nSPS) is 24.2. The zero-order chi connectivity index (χ0) is 43.0. The van der Waals surface area contributed by atoms with E-state index in [2.05, 4.69) is 36.9 Å². The number of nitrogens with one attached hydrogen (secondary N) is 6. The molecule has 0 bridgehead atoms. The van der Waals surface area contributed by atoms with Crippen LogP contribution in [0.4, 0.5) is 0 Å². The maximum atomic E-state index is 13.9. The summed E-state index contributed by atoms with van der Waals surface area (Å²) in [6, 6.07) is -8.79. The highest BCUT2D eigenvalue weighted by Gasteiger charge is 2.38. The van der Waals surface area contributed by atoms with Crippen molar-refractivity contribution < 1.29 is 43.5 Å². The number of rotatable bonds is 15. The van der Waals surface area contributed by atoms with E-state index in [1.54, 1.807) is 0 Å². The van der Waals surface area contributed by atoms with Gasteiger partial charge >= 0.3 is 5.97 Å². The highest BCUT2D eigenvalue weighted by molar-refractivity contribution is 8.76. The second kappa shape index (κ2) is 23.8. The van der Waals surface area contributed by atoms with Crippen molar-refractivity contribution in [2.24, 2.45) is 34.0 Å². The number of aliphatic carboxylic acids is 1. The topological polar surface area (TPSA) is 323 Å².